The second-order valence-electron chi connectivity index (χ2n) is 6.96. The zero-order chi connectivity index (χ0) is 20.9. The zero-order valence-electron chi connectivity index (χ0n) is 16.7. The van der Waals surface area contributed by atoms with Crippen LogP contribution in [-0.2, 0) is 4.79 Å². The molecule has 2 aromatic carbocycles. The molecule has 1 N–H and O–H groups in total. The highest BCUT2D eigenvalue weighted by Crippen LogP contribution is 2.27. The van der Waals surface area contributed by atoms with Gasteiger partial charge in [0.15, 0.2) is 0 Å². The summed E-state index contributed by atoms with van der Waals surface area (Å²) >= 11 is 2.86. The molecule has 4 rings (SSSR count). The van der Waals surface area contributed by atoms with Crippen LogP contribution in [0, 0.1) is 13.8 Å². The van der Waals surface area contributed by atoms with E-state index in [1.807, 2.05) is 48.7 Å². The van der Waals surface area contributed by atoms with Crippen molar-refractivity contribution in [2.75, 3.05) is 5.75 Å². The van der Waals surface area contributed by atoms with Gasteiger partial charge >= 0.3 is 0 Å². The summed E-state index contributed by atoms with van der Waals surface area (Å²) in [6, 6.07) is 20.0. The second kappa shape index (κ2) is 9.28. The molecule has 1 atom stereocenters. The van der Waals surface area contributed by atoms with Crippen molar-refractivity contribution in [3.8, 4) is 11.5 Å². The van der Waals surface area contributed by atoms with E-state index < -0.39 is 0 Å². The average Bonchev–Trinajstić information content (AvgIpc) is 3.44. The maximum Gasteiger partial charge on any atom is 0.277 e. The first-order valence-corrected chi connectivity index (χ1v) is 11.4. The van der Waals surface area contributed by atoms with Crippen LogP contribution >= 0.6 is 23.1 Å². The number of thiophene rings is 1. The molecule has 152 valence electrons. The van der Waals surface area contributed by atoms with Crippen LogP contribution in [0.3, 0.4) is 0 Å². The van der Waals surface area contributed by atoms with Gasteiger partial charge in [0.2, 0.25) is 11.8 Å². The molecule has 0 aliphatic heterocycles. The first-order valence-electron chi connectivity index (χ1n) is 9.51. The third kappa shape index (κ3) is 4.98. The highest BCUT2D eigenvalue weighted by atomic mass is 32.2. The number of carbonyl (C=O) groups excluding carboxylic acids is 1. The standard InChI is InChI=1S/C23H21N3O2S2/c1-15-8-10-17(11-9-15)21(19-7-4-12-29-19)24-20(27)14-30-23-26-25-22(28-23)18-6-3-5-16(2)13-18/h3-13,21H,14H2,1-2H3,(H,24,27). The van der Waals surface area contributed by atoms with Gasteiger partial charge in [-0.3, -0.25) is 4.79 Å². The molecule has 0 fully saturated rings. The molecule has 1 unspecified atom stereocenters. The Morgan fingerprint density at radius 1 is 1.07 bits per heavy atom. The number of thioether (sulfide) groups is 1. The number of hydrogen-bond acceptors (Lipinski definition) is 6. The lowest BCUT2D eigenvalue weighted by Gasteiger charge is -2.18. The average molecular weight is 436 g/mol. The molecule has 5 nitrogen and oxygen atoms in total. The van der Waals surface area contributed by atoms with E-state index in [2.05, 4.69) is 46.7 Å². The minimum Gasteiger partial charge on any atom is -0.411 e. The predicted molar refractivity (Wildman–Crippen MR) is 121 cm³/mol. The first-order chi connectivity index (χ1) is 14.6. The molecule has 0 spiro atoms. The quantitative estimate of drug-likeness (QED) is 0.393. The van der Waals surface area contributed by atoms with Crippen LogP contribution in [0.15, 0.2) is 75.7 Å². The first kappa shape index (κ1) is 20.4. The van der Waals surface area contributed by atoms with E-state index in [1.54, 1.807) is 11.3 Å². The van der Waals surface area contributed by atoms with E-state index in [9.17, 15) is 4.79 Å². The van der Waals surface area contributed by atoms with Gasteiger partial charge in [-0.2, -0.15) is 0 Å². The molecule has 2 aromatic heterocycles. The molecule has 0 bridgehead atoms. The number of rotatable bonds is 7. The Balaban J connectivity index is 1.41. The number of carbonyl (C=O) groups is 1. The van der Waals surface area contributed by atoms with Crippen molar-refractivity contribution in [3.63, 3.8) is 0 Å². The van der Waals surface area contributed by atoms with E-state index >= 15 is 0 Å². The molecule has 1 amide bonds. The van der Waals surface area contributed by atoms with Crippen molar-refractivity contribution < 1.29 is 9.21 Å². The Hall–Kier alpha value is -2.90. The number of nitrogens with one attached hydrogen (secondary N) is 1. The van der Waals surface area contributed by atoms with Gasteiger partial charge in [0.25, 0.3) is 5.22 Å². The van der Waals surface area contributed by atoms with Crippen molar-refractivity contribution in [3.05, 3.63) is 87.6 Å². The van der Waals surface area contributed by atoms with Crippen LogP contribution < -0.4 is 5.32 Å². The van der Waals surface area contributed by atoms with Gasteiger partial charge in [0.05, 0.1) is 11.8 Å². The van der Waals surface area contributed by atoms with Gasteiger partial charge in [0, 0.05) is 10.4 Å². The highest BCUT2D eigenvalue weighted by molar-refractivity contribution is 7.99. The van der Waals surface area contributed by atoms with Gasteiger partial charge in [-0.15, -0.1) is 21.5 Å². The highest BCUT2D eigenvalue weighted by Gasteiger charge is 2.19. The summed E-state index contributed by atoms with van der Waals surface area (Å²) in [5.74, 6) is 0.565. The summed E-state index contributed by atoms with van der Waals surface area (Å²) in [6.45, 7) is 4.06. The second-order valence-corrected chi connectivity index (χ2v) is 8.86. The monoisotopic (exact) mass is 435 g/mol. The maximum absolute atomic E-state index is 12.7. The molecule has 0 aliphatic rings. The lowest BCUT2D eigenvalue weighted by Crippen LogP contribution is -2.30. The topological polar surface area (TPSA) is 68.0 Å². The fourth-order valence-electron chi connectivity index (χ4n) is 3.03. The third-order valence-corrected chi connectivity index (χ3v) is 6.30. The van der Waals surface area contributed by atoms with Crippen molar-refractivity contribution in [2.24, 2.45) is 0 Å². The van der Waals surface area contributed by atoms with Gasteiger partial charge in [-0.1, -0.05) is 65.4 Å². The lowest BCUT2D eigenvalue weighted by atomic mass is 10.0. The van der Waals surface area contributed by atoms with Crippen molar-refractivity contribution in [1.29, 1.82) is 0 Å². The zero-order valence-corrected chi connectivity index (χ0v) is 18.3. The number of benzene rings is 2. The third-order valence-electron chi connectivity index (χ3n) is 4.54. The number of aryl methyl sites for hydroxylation is 2. The predicted octanol–water partition coefficient (Wildman–Crippen LogP) is 5.41. The Labute approximate surface area is 183 Å². The van der Waals surface area contributed by atoms with Gasteiger partial charge < -0.3 is 9.73 Å². The Kier molecular flexibility index (Phi) is 6.30. The summed E-state index contributed by atoms with van der Waals surface area (Å²) in [4.78, 5) is 13.8. The normalized spacial score (nSPS) is 11.9. The van der Waals surface area contributed by atoms with Crippen LogP contribution in [0.1, 0.15) is 27.6 Å². The van der Waals surface area contributed by atoms with E-state index in [-0.39, 0.29) is 17.7 Å². The molecule has 4 aromatic rings. The van der Waals surface area contributed by atoms with E-state index in [0.29, 0.717) is 11.1 Å². The number of aromatic nitrogens is 2. The van der Waals surface area contributed by atoms with E-state index in [0.717, 1.165) is 21.6 Å². The van der Waals surface area contributed by atoms with Gasteiger partial charge in [-0.05, 0) is 43.0 Å². The lowest BCUT2D eigenvalue weighted by molar-refractivity contribution is -0.119. The molecule has 0 aliphatic carbocycles. The number of nitrogens with zero attached hydrogens (tertiary/aromatic N) is 2. The molecular formula is C23H21N3O2S2. The van der Waals surface area contributed by atoms with Gasteiger partial charge in [-0.25, -0.2) is 0 Å². The Morgan fingerprint density at radius 2 is 1.90 bits per heavy atom. The molecule has 2 heterocycles. The molecule has 7 heteroatoms. The summed E-state index contributed by atoms with van der Waals surface area (Å²) in [5.41, 5.74) is 4.23. The summed E-state index contributed by atoms with van der Waals surface area (Å²) in [5, 5.41) is 13.7. The van der Waals surface area contributed by atoms with E-state index in [1.165, 1.54) is 17.3 Å². The SMILES string of the molecule is Cc1ccc(C(NC(=O)CSc2nnc(-c3cccc(C)c3)o2)c2cccs2)cc1. The van der Waals surface area contributed by atoms with Crippen molar-refractivity contribution >= 4 is 29.0 Å². The van der Waals surface area contributed by atoms with Crippen molar-refractivity contribution in [1.82, 2.24) is 15.5 Å². The smallest absolute Gasteiger partial charge is 0.277 e. The number of hydrogen-bond donors (Lipinski definition) is 1. The van der Waals surface area contributed by atoms with Crippen LogP contribution in [-0.4, -0.2) is 21.9 Å². The number of amides is 1. The van der Waals surface area contributed by atoms with Crippen LogP contribution in [0.5, 0.6) is 0 Å². The minimum atomic E-state index is -0.177. The molecular weight excluding hydrogens is 414 g/mol. The van der Waals surface area contributed by atoms with Crippen LogP contribution in [0.4, 0.5) is 0 Å². The molecule has 0 saturated carbocycles. The molecule has 30 heavy (non-hydrogen) atoms. The van der Waals surface area contributed by atoms with Crippen LogP contribution in [0.25, 0.3) is 11.5 Å². The van der Waals surface area contributed by atoms with Crippen LogP contribution in [0.2, 0.25) is 0 Å². The fraction of sp³-hybridized carbons (Fsp3) is 0.174. The fourth-order valence-corrected chi connectivity index (χ4v) is 4.40. The molecule has 0 saturated heterocycles. The van der Waals surface area contributed by atoms with Crippen molar-refractivity contribution in [2.45, 2.75) is 25.1 Å². The summed E-state index contributed by atoms with van der Waals surface area (Å²) in [6.07, 6.45) is 0. The largest absolute Gasteiger partial charge is 0.411 e. The van der Waals surface area contributed by atoms with Gasteiger partial charge in [0.1, 0.15) is 0 Å². The van der Waals surface area contributed by atoms with E-state index in [4.69, 9.17) is 4.42 Å². The Bertz CT molecular complexity index is 1120. The maximum atomic E-state index is 12.7. The molecule has 0 radical (unpaired) electrons. The minimum absolute atomic E-state index is 0.0886. The Morgan fingerprint density at radius 3 is 2.63 bits per heavy atom. The summed E-state index contributed by atoms with van der Waals surface area (Å²) < 4.78 is 5.71. The summed E-state index contributed by atoms with van der Waals surface area (Å²) in [7, 11) is 0.